The number of thioether (sulfide) groups is 1. The molecule has 11 heteroatoms. The van der Waals surface area contributed by atoms with Gasteiger partial charge in [-0.3, -0.25) is 19.3 Å². The Morgan fingerprint density at radius 1 is 1.16 bits per heavy atom. The molecular weight excluding hydrogens is 440 g/mol. The fourth-order valence-electron chi connectivity index (χ4n) is 3.92. The highest BCUT2D eigenvalue weighted by atomic mass is 32.2. The van der Waals surface area contributed by atoms with E-state index in [4.69, 9.17) is 18.9 Å². The lowest BCUT2D eigenvalue weighted by molar-refractivity contribution is -0.174. The van der Waals surface area contributed by atoms with E-state index in [1.807, 2.05) is 30.3 Å². The summed E-state index contributed by atoms with van der Waals surface area (Å²) in [7, 11) is 0. The number of ether oxygens (including phenoxy) is 4. The molecule has 3 heterocycles. The predicted octanol–water partition coefficient (Wildman–Crippen LogP) is 1.81. The van der Waals surface area contributed by atoms with Crippen molar-refractivity contribution in [1.82, 2.24) is 4.90 Å². The summed E-state index contributed by atoms with van der Waals surface area (Å²) >= 11 is 1.28. The van der Waals surface area contributed by atoms with Gasteiger partial charge >= 0.3 is 17.9 Å². The van der Waals surface area contributed by atoms with Crippen LogP contribution < -0.4 is 0 Å². The number of carbonyl (C=O) groups is 3. The maximum atomic E-state index is 11.9. The van der Waals surface area contributed by atoms with E-state index in [2.05, 4.69) is 4.99 Å². The van der Waals surface area contributed by atoms with E-state index in [1.54, 1.807) is 4.90 Å². The number of esters is 3. The Labute approximate surface area is 188 Å². The first kappa shape index (κ1) is 22.2. The molecule has 0 bridgehead atoms. The minimum Gasteiger partial charge on any atom is -0.494 e. The number of hydrogen-bond acceptors (Lipinski definition) is 11. The highest BCUT2D eigenvalue weighted by molar-refractivity contribution is 8.22. The van der Waals surface area contributed by atoms with Gasteiger partial charge in [-0.25, -0.2) is 4.99 Å². The van der Waals surface area contributed by atoms with Crippen molar-refractivity contribution in [2.24, 2.45) is 4.99 Å². The van der Waals surface area contributed by atoms with Crippen molar-refractivity contribution < 1.29 is 38.4 Å². The van der Waals surface area contributed by atoms with Crippen LogP contribution in [0.15, 0.2) is 41.2 Å². The molecule has 1 fully saturated rings. The average molecular weight is 462 g/mol. The molecule has 4 rings (SSSR count). The number of nitrogens with zero attached hydrogens (tertiary/aromatic N) is 2. The van der Waals surface area contributed by atoms with E-state index in [0.29, 0.717) is 10.1 Å². The monoisotopic (exact) mass is 462 g/mol. The number of amidine groups is 1. The molecule has 0 radical (unpaired) electrons. The Morgan fingerprint density at radius 3 is 2.50 bits per heavy atom. The second kappa shape index (κ2) is 8.83. The zero-order valence-corrected chi connectivity index (χ0v) is 18.4. The van der Waals surface area contributed by atoms with E-state index in [1.165, 1.54) is 32.5 Å². The smallest absolute Gasteiger partial charge is 0.303 e. The molecule has 3 aliphatic heterocycles. The van der Waals surface area contributed by atoms with E-state index in [9.17, 15) is 19.5 Å². The van der Waals surface area contributed by atoms with Crippen molar-refractivity contribution in [1.29, 1.82) is 0 Å². The molecule has 5 atom stereocenters. The fourth-order valence-corrected chi connectivity index (χ4v) is 5.01. The lowest BCUT2D eigenvalue weighted by atomic mass is 10.0. The van der Waals surface area contributed by atoms with Crippen LogP contribution in [0.25, 0.3) is 4.91 Å². The molecular formula is C21H22N2O8S. The van der Waals surface area contributed by atoms with Crippen LogP contribution in [0.2, 0.25) is 0 Å². The first-order valence-corrected chi connectivity index (χ1v) is 10.7. The summed E-state index contributed by atoms with van der Waals surface area (Å²) in [5.74, 6) is -1.78. The molecule has 10 nitrogen and oxygen atoms in total. The number of aliphatic imine (C=N–C) groups is 1. The zero-order valence-electron chi connectivity index (χ0n) is 17.6. The molecule has 0 amide bonds. The third kappa shape index (κ3) is 4.17. The SMILES string of the molecule is CC(=O)OC[C@@H](OC(C)=O)[C@H]1O[C@@H]2N=C3SC(c4ccccc4)=C(O)N3[C@@H]2[C@H]1OC(C)=O. The molecule has 32 heavy (non-hydrogen) atoms. The molecule has 1 aromatic carbocycles. The normalized spacial score (nSPS) is 26.8. The molecule has 0 aromatic heterocycles. The minimum absolute atomic E-state index is 0.0297. The van der Waals surface area contributed by atoms with Gasteiger partial charge < -0.3 is 24.1 Å². The maximum absolute atomic E-state index is 11.9. The van der Waals surface area contributed by atoms with Crippen molar-refractivity contribution in [2.45, 2.75) is 51.4 Å². The quantitative estimate of drug-likeness (QED) is 0.494. The number of aliphatic hydroxyl groups is 1. The summed E-state index contributed by atoms with van der Waals surface area (Å²) in [6, 6.07) is 8.65. The van der Waals surface area contributed by atoms with Crippen LogP contribution >= 0.6 is 11.8 Å². The number of hydrogen-bond donors (Lipinski definition) is 1. The number of carbonyl (C=O) groups excluding carboxylic acids is 3. The standard InChI is InChI=1S/C21H22N2O8S/c1-10(24)28-9-14(29-11(2)25)16-17(30-12(3)26)15-19(31-16)22-21-23(15)20(27)18(32-21)13-7-5-4-6-8-13/h4-8,14-17,19,27H,9H2,1-3H3/t14-,15-,16-,17-,19+/m1/s1. The van der Waals surface area contributed by atoms with Gasteiger partial charge in [-0.2, -0.15) is 0 Å². The van der Waals surface area contributed by atoms with Gasteiger partial charge in [-0.05, 0) is 17.3 Å². The van der Waals surface area contributed by atoms with Crippen molar-refractivity contribution >= 4 is 39.7 Å². The fraction of sp³-hybridized carbons (Fsp3) is 0.429. The van der Waals surface area contributed by atoms with Crippen LogP contribution in [0.4, 0.5) is 0 Å². The van der Waals surface area contributed by atoms with Gasteiger partial charge in [-0.1, -0.05) is 30.3 Å². The second-order valence-corrected chi connectivity index (χ2v) is 8.39. The largest absolute Gasteiger partial charge is 0.494 e. The highest BCUT2D eigenvalue weighted by Gasteiger charge is 2.59. The Hall–Kier alpha value is -3.05. The predicted molar refractivity (Wildman–Crippen MR) is 113 cm³/mol. The number of benzene rings is 1. The van der Waals surface area contributed by atoms with Gasteiger partial charge in [0.15, 0.2) is 23.6 Å². The lowest BCUT2D eigenvalue weighted by Crippen LogP contribution is -2.50. The summed E-state index contributed by atoms with van der Waals surface area (Å²) < 4.78 is 21.9. The van der Waals surface area contributed by atoms with Crippen LogP contribution in [-0.2, 0) is 33.3 Å². The molecule has 0 spiro atoms. The van der Waals surface area contributed by atoms with Crippen LogP contribution in [0.5, 0.6) is 0 Å². The first-order valence-electron chi connectivity index (χ1n) is 9.93. The number of aliphatic hydroxyl groups excluding tert-OH is 1. The molecule has 170 valence electrons. The topological polar surface area (TPSA) is 124 Å². The minimum atomic E-state index is -1.03. The van der Waals surface area contributed by atoms with Crippen LogP contribution in [0.1, 0.15) is 26.3 Å². The molecule has 1 aromatic rings. The lowest BCUT2D eigenvalue weighted by Gasteiger charge is -2.30. The molecule has 1 saturated heterocycles. The van der Waals surface area contributed by atoms with Gasteiger partial charge in [-0.15, -0.1) is 0 Å². The van der Waals surface area contributed by atoms with Gasteiger partial charge in [0.25, 0.3) is 0 Å². The van der Waals surface area contributed by atoms with Crippen molar-refractivity contribution in [3.8, 4) is 0 Å². The Bertz CT molecular complexity index is 995. The van der Waals surface area contributed by atoms with E-state index in [-0.39, 0.29) is 12.5 Å². The van der Waals surface area contributed by atoms with Gasteiger partial charge in [0.05, 0.1) is 4.91 Å². The van der Waals surface area contributed by atoms with Gasteiger partial charge in [0.2, 0.25) is 5.88 Å². The van der Waals surface area contributed by atoms with Crippen LogP contribution in [0.3, 0.4) is 0 Å². The molecule has 0 aliphatic carbocycles. The highest BCUT2D eigenvalue weighted by Crippen LogP contribution is 2.48. The van der Waals surface area contributed by atoms with E-state index in [0.717, 1.165) is 5.56 Å². The molecule has 0 saturated carbocycles. The third-order valence-electron chi connectivity index (χ3n) is 5.09. The van der Waals surface area contributed by atoms with Gasteiger partial charge in [0, 0.05) is 20.8 Å². The van der Waals surface area contributed by atoms with Crippen molar-refractivity contribution in [3.63, 3.8) is 0 Å². The van der Waals surface area contributed by atoms with Crippen LogP contribution in [-0.4, -0.2) is 70.3 Å². The van der Waals surface area contributed by atoms with E-state index < -0.39 is 48.5 Å². The van der Waals surface area contributed by atoms with Crippen molar-refractivity contribution in [3.05, 3.63) is 41.8 Å². The summed E-state index contributed by atoms with van der Waals surface area (Å²) in [5.41, 5.74) is 0.816. The number of fused-ring (bicyclic) bond motifs is 3. The van der Waals surface area contributed by atoms with Crippen molar-refractivity contribution in [2.75, 3.05) is 6.61 Å². The van der Waals surface area contributed by atoms with Gasteiger partial charge in [0.1, 0.15) is 18.8 Å². The van der Waals surface area contributed by atoms with Crippen LogP contribution in [0, 0.1) is 0 Å². The summed E-state index contributed by atoms with van der Waals surface area (Å²) in [6.45, 7) is 3.41. The summed E-state index contributed by atoms with van der Waals surface area (Å²) in [5, 5.41) is 11.5. The molecule has 0 unspecified atom stereocenters. The molecule has 3 aliphatic rings. The Morgan fingerprint density at radius 2 is 1.88 bits per heavy atom. The average Bonchev–Trinajstić information content (AvgIpc) is 3.34. The Kier molecular flexibility index (Phi) is 6.11. The molecule has 1 N–H and O–H groups in total. The summed E-state index contributed by atoms with van der Waals surface area (Å²) in [4.78, 5) is 41.6. The Balaban J connectivity index is 1.65. The summed E-state index contributed by atoms with van der Waals surface area (Å²) in [6.07, 6.45) is -3.71. The second-order valence-electron chi connectivity index (χ2n) is 7.41. The third-order valence-corrected chi connectivity index (χ3v) is 6.20. The zero-order chi connectivity index (χ0) is 23.0. The number of rotatable bonds is 6. The van der Waals surface area contributed by atoms with E-state index >= 15 is 0 Å². The maximum Gasteiger partial charge on any atom is 0.303 e. The first-order chi connectivity index (χ1) is 15.3.